The highest BCUT2D eigenvalue weighted by Crippen LogP contribution is 2.29. The van der Waals surface area contributed by atoms with Crippen molar-refractivity contribution < 1.29 is 17.9 Å². The summed E-state index contributed by atoms with van der Waals surface area (Å²) in [6.45, 7) is 1.94. The molecular weight excluding hydrogens is 376 g/mol. The number of nitrogens with one attached hydrogen (secondary N) is 2. The number of hydrogen-bond acceptors (Lipinski definition) is 4. The molecule has 0 aromatic heterocycles. The molecule has 0 saturated heterocycles. The number of amides is 1. The normalized spacial score (nSPS) is 15.2. The molecule has 1 amide bonds. The first-order valence-electron chi connectivity index (χ1n) is 9.47. The van der Waals surface area contributed by atoms with Gasteiger partial charge in [0.1, 0.15) is 5.75 Å². The van der Waals surface area contributed by atoms with Crippen LogP contribution in [0.5, 0.6) is 5.75 Å². The fraction of sp³-hybridized carbons (Fsp3) is 0.381. The van der Waals surface area contributed by atoms with Crippen molar-refractivity contribution in [1.29, 1.82) is 0 Å². The SMILES string of the molecule is COc1ccc(S(=O)(=O)NC2CCCCC2)cc1NC(=O)c1ccc(C)cc1. The van der Waals surface area contributed by atoms with Gasteiger partial charge in [0.15, 0.2) is 0 Å². The molecule has 3 rings (SSSR count). The van der Waals surface area contributed by atoms with Gasteiger partial charge >= 0.3 is 0 Å². The second kappa shape index (κ2) is 8.75. The summed E-state index contributed by atoms with van der Waals surface area (Å²) in [5.74, 6) is 0.0742. The largest absolute Gasteiger partial charge is 0.495 e. The van der Waals surface area contributed by atoms with Crippen molar-refractivity contribution in [2.75, 3.05) is 12.4 Å². The van der Waals surface area contributed by atoms with Gasteiger partial charge < -0.3 is 10.1 Å². The molecule has 0 bridgehead atoms. The highest BCUT2D eigenvalue weighted by Gasteiger charge is 2.23. The molecule has 6 nitrogen and oxygen atoms in total. The molecule has 2 aromatic carbocycles. The number of carbonyl (C=O) groups is 1. The van der Waals surface area contributed by atoms with E-state index in [-0.39, 0.29) is 16.8 Å². The highest BCUT2D eigenvalue weighted by atomic mass is 32.2. The van der Waals surface area contributed by atoms with E-state index in [1.807, 2.05) is 19.1 Å². The van der Waals surface area contributed by atoms with Crippen LogP contribution in [-0.4, -0.2) is 27.5 Å². The number of hydrogen-bond donors (Lipinski definition) is 2. The summed E-state index contributed by atoms with van der Waals surface area (Å²) in [6.07, 6.45) is 4.93. The molecule has 150 valence electrons. The number of sulfonamides is 1. The Labute approximate surface area is 166 Å². The number of aryl methyl sites for hydroxylation is 1. The van der Waals surface area contributed by atoms with Gasteiger partial charge in [-0.3, -0.25) is 4.79 Å². The van der Waals surface area contributed by atoms with Crippen LogP contribution in [0.15, 0.2) is 47.4 Å². The zero-order chi connectivity index (χ0) is 20.1. The molecule has 0 spiro atoms. The van der Waals surface area contributed by atoms with Gasteiger partial charge in [0, 0.05) is 11.6 Å². The van der Waals surface area contributed by atoms with Crippen LogP contribution < -0.4 is 14.8 Å². The fourth-order valence-corrected chi connectivity index (χ4v) is 4.69. The van der Waals surface area contributed by atoms with E-state index in [0.717, 1.165) is 37.7 Å². The molecule has 2 aromatic rings. The van der Waals surface area contributed by atoms with E-state index in [9.17, 15) is 13.2 Å². The first kappa shape index (κ1) is 20.4. The number of methoxy groups -OCH3 is 1. The molecule has 28 heavy (non-hydrogen) atoms. The Morgan fingerprint density at radius 2 is 1.71 bits per heavy atom. The van der Waals surface area contributed by atoms with Gasteiger partial charge in [-0.1, -0.05) is 37.0 Å². The van der Waals surface area contributed by atoms with Crippen molar-refractivity contribution in [3.05, 3.63) is 53.6 Å². The quantitative estimate of drug-likeness (QED) is 0.768. The van der Waals surface area contributed by atoms with Crippen molar-refractivity contribution in [3.8, 4) is 5.75 Å². The molecule has 0 aliphatic heterocycles. The minimum Gasteiger partial charge on any atom is -0.495 e. The first-order valence-corrected chi connectivity index (χ1v) is 11.0. The topological polar surface area (TPSA) is 84.5 Å². The van der Waals surface area contributed by atoms with Gasteiger partial charge in [0.2, 0.25) is 10.0 Å². The predicted octanol–water partition coefficient (Wildman–Crippen LogP) is 3.87. The molecule has 0 unspecified atom stereocenters. The second-order valence-electron chi connectivity index (χ2n) is 7.14. The van der Waals surface area contributed by atoms with Gasteiger partial charge in [-0.15, -0.1) is 0 Å². The highest BCUT2D eigenvalue weighted by molar-refractivity contribution is 7.89. The van der Waals surface area contributed by atoms with Gasteiger partial charge in [-0.05, 0) is 50.1 Å². The number of anilines is 1. The van der Waals surface area contributed by atoms with Crippen molar-refractivity contribution in [1.82, 2.24) is 4.72 Å². The average molecular weight is 403 g/mol. The third-order valence-electron chi connectivity index (χ3n) is 4.97. The van der Waals surface area contributed by atoms with Crippen molar-refractivity contribution in [2.24, 2.45) is 0 Å². The number of ether oxygens (including phenoxy) is 1. The minimum atomic E-state index is -3.67. The van der Waals surface area contributed by atoms with Crippen LogP contribution in [0, 0.1) is 6.92 Å². The van der Waals surface area contributed by atoms with Gasteiger partial charge in [-0.2, -0.15) is 0 Å². The zero-order valence-corrected chi connectivity index (χ0v) is 17.0. The maximum Gasteiger partial charge on any atom is 0.255 e. The Morgan fingerprint density at radius 1 is 1.04 bits per heavy atom. The summed E-state index contributed by atoms with van der Waals surface area (Å²) in [6, 6.07) is 11.6. The summed E-state index contributed by atoms with van der Waals surface area (Å²) in [4.78, 5) is 12.6. The second-order valence-corrected chi connectivity index (χ2v) is 8.85. The molecule has 7 heteroatoms. The van der Waals surface area contributed by atoms with E-state index in [1.54, 1.807) is 18.2 Å². The van der Waals surface area contributed by atoms with Crippen LogP contribution in [0.25, 0.3) is 0 Å². The van der Waals surface area contributed by atoms with Crippen LogP contribution in [0.2, 0.25) is 0 Å². The van der Waals surface area contributed by atoms with Crippen LogP contribution in [-0.2, 0) is 10.0 Å². The first-order chi connectivity index (χ1) is 13.4. The van der Waals surface area contributed by atoms with Crippen molar-refractivity contribution in [3.63, 3.8) is 0 Å². The molecule has 0 atom stereocenters. The number of benzene rings is 2. The fourth-order valence-electron chi connectivity index (χ4n) is 3.36. The Hall–Kier alpha value is -2.38. The number of carbonyl (C=O) groups excluding carboxylic acids is 1. The average Bonchev–Trinajstić information content (AvgIpc) is 2.69. The Morgan fingerprint density at radius 3 is 2.36 bits per heavy atom. The van der Waals surface area contributed by atoms with E-state index in [4.69, 9.17) is 4.74 Å². The Kier molecular flexibility index (Phi) is 6.36. The van der Waals surface area contributed by atoms with E-state index in [2.05, 4.69) is 10.0 Å². The van der Waals surface area contributed by atoms with Crippen LogP contribution in [0.1, 0.15) is 48.0 Å². The number of rotatable bonds is 6. The molecular formula is C21H26N2O4S. The van der Waals surface area contributed by atoms with Gasteiger partial charge in [0.05, 0.1) is 17.7 Å². The van der Waals surface area contributed by atoms with E-state index < -0.39 is 10.0 Å². The van der Waals surface area contributed by atoms with Gasteiger partial charge in [-0.25, -0.2) is 13.1 Å². The predicted molar refractivity (Wildman–Crippen MR) is 109 cm³/mol. The van der Waals surface area contributed by atoms with E-state index >= 15 is 0 Å². The van der Waals surface area contributed by atoms with Crippen LogP contribution >= 0.6 is 0 Å². The summed E-state index contributed by atoms with van der Waals surface area (Å²) in [5, 5.41) is 2.76. The molecule has 0 heterocycles. The summed E-state index contributed by atoms with van der Waals surface area (Å²) in [5.41, 5.74) is 1.86. The lowest BCUT2D eigenvalue weighted by Crippen LogP contribution is -2.36. The maximum atomic E-state index is 12.8. The molecule has 1 aliphatic carbocycles. The summed E-state index contributed by atoms with van der Waals surface area (Å²) < 4.78 is 33.6. The Balaban J connectivity index is 1.82. The van der Waals surface area contributed by atoms with Crippen LogP contribution in [0.4, 0.5) is 5.69 Å². The van der Waals surface area contributed by atoms with Crippen molar-refractivity contribution in [2.45, 2.75) is 50.0 Å². The Bertz CT molecular complexity index is 933. The standard InChI is InChI=1S/C21H26N2O4S/c1-15-8-10-16(11-9-15)21(24)22-19-14-18(12-13-20(19)27-2)28(25,26)23-17-6-4-3-5-7-17/h8-14,17,23H,3-7H2,1-2H3,(H,22,24). The molecule has 1 aliphatic rings. The van der Waals surface area contributed by atoms with E-state index in [0.29, 0.717) is 17.0 Å². The lowest BCUT2D eigenvalue weighted by molar-refractivity contribution is 0.102. The maximum absolute atomic E-state index is 12.8. The lowest BCUT2D eigenvalue weighted by Gasteiger charge is -2.23. The smallest absolute Gasteiger partial charge is 0.255 e. The van der Waals surface area contributed by atoms with Gasteiger partial charge in [0.25, 0.3) is 5.91 Å². The molecule has 1 fully saturated rings. The zero-order valence-electron chi connectivity index (χ0n) is 16.2. The van der Waals surface area contributed by atoms with Crippen LogP contribution in [0.3, 0.4) is 0 Å². The minimum absolute atomic E-state index is 0.0357. The summed E-state index contributed by atoms with van der Waals surface area (Å²) in [7, 11) is -2.19. The third kappa shape index (κ3) is 4.91. The molecule has 0 radical (unpaired) electrons. The lowest BCUT2D eigenvalue weighted by atomic mass is 9.96. The van der Waals surface area contributed by atoms with E-state index in [1.165, 1.54) is 19.2 Å². The third-order valence-corrected chi connectivity index (χ3v) is 6.49. The molecule has 1 saturated carbocycles. The molecule has 2 N–H and O–H groups in total. The van der Waals surface area contributed by atoms with Crippen molar-refractivity contribution >= 4 is 21.6 Å². The summed E-state index contributed by atoms with van der Waals surface area (Å²) >= 11 is 0. The monoisotopic (exact) mass is 402 g/mol.